The fourth-order valence-electron chi connectivity index (χ4n) is 2.80. The number of aryl methyl sites for hydroxylation is 1. The number of furan rings is 1. The zero-order valence-corrected chi connectivity index (χ0v) is 13.3. The van der Waals surface area contributed by atoms with Crippen molar-refractivity contribution in [2.24, 2.45) is 0 Å². The van der Waals surface area contributed by atoms with Crippen LogP contribution in [-0.4, -0.2) is 15.1 Å². The molecule has 0 amide bonds. The summed E-state index contributed by atoms with van der Waals surface area (Å²) >= 11 is 0. The molecule has 2 heterocycles. The number of rotatable bonds is 4. The molecule has 4 heteroatoms. The smallest absolute Gasteiger partial charge is 0.123 e. The number of hydrogen-bond donors (Lipinski definition) is 1. The van der Waals surface area contributed by atoms with E-state index in [-0.39, 0.29) is 5.54 Å². The van der Waals surface area contributed by atoms with Crippen molar-refractivity contribution in [3.05, 3.63) is 41.4 Å². The summed E-state index contributed by atoms with van der Waals surface area (Å²) in [7, 11) is 0. The minimum atomic E-state index is 0.126. The molecular weight excluding hydrogens is 262 g/mol. The molecule has 0 radical (unpaired) electrons. The summed E-state index contributed by atoms with van der Waals surface area (Å²) in [5.74, 6) is 1.01. The predicted molar refractivity (Wildman–Crippen MR) is 83.3 cm³/mol. The van der Waals surface area contributed by atoms with Gasteiger partial charge in [-0.25, -0.2) is 4.98 Å². The van der Waals surface area contributed by atoms with Crippen LogP contribution in [0.5, 0.6) is 0 Å². The molecule has 0 spiro atoms. The van der Waals surface area contributed by atoms with Crippen LogP contribution in [-0.2, 0) is 25.9 Å². The van der Waals surface area contributed by atoms with Crippen LogP contribution in [0.25, 0.3) is 0 Å². The minimum Gasteiger partial charge on any atom is -0.467 e. The van der Waals surface area contributed by atoms with Gasteiger partial charge in [-0.15, -0.1) is 0 Å². The lowest BCUT2D eigenvalue weighted by molar-refractivity contribution is 0.422. The minimum absolute atomic E-state index is 0.126. The maximum absolute atomic E-state index is 5.71. The number of nitrogens with zero attached hydrogens (tertiary/aromatic N) is 2. The van der Waals surface area contributed by atoms with E-state index in [4.69, 9.17) is 4.42 Å². The Bertz CT molecular complexity index is 604. The molecule has 2 aromatic heterocycles. The molecule has 21 heavy (non-hydrogen) atoms. The zero-order valence-electron chi connectivity index (χ0n) is 13.3. The average Bonchev–Trinajstić information content (AvgIpc) is 3.04. The van der Waals surface area contributed by atoms with Crippen LogP contribution in [0.4, 0.5) is 0 Å². The van der Waals surface area contributed by atoms with Crippen molar-refractivity contribution in [3.8, 4) is 0 Å². The molecule has 2 aromatic rings. The first kappa shape index (κ1) is 14.4. The zero-order chi connectivity index (χ0) is 14.9. The Balaban J connectivity index is 1.66. The van der Waals surface area contributed by atoms with Crippen molar-refractivity contribution < 1.29 is 4.42 Å². The molecule has 1 aliphatic rings. The molecule has 0 atom stereocenters. The number of fused-ring (bicyclic) bond motifs is 1. The largest absolute Gasteiger partial charge is 0.467 e. The first-order valence-electron chi connectivity index (χ1n) is 7.85. The Hall–Kier alpha value is -1.55. The van der Waals surface area contributed by atoms with E-state index in [2.05, 4.69) is 41.7 Å². The third-order valence-electron chi connectivity index (χ3n) is 3.97. The molecular formula is C17H25N3O. The molecule has 1 aliphatic carbocycles. The van der Waals surface area contributed by atoms with Crippen molar-refractivity contribution in [1.82, 2.24) is 14.9 Å². The summed E-state index contributed by atoms with van der Waals surface area (Å²) in [6.45, 7) is 8.15. The number of nitrogens with one attached hydrogen (secondary N) is 1. The first-order chi connectivity index (χ1) is 10.0. The molecule has 1 N–H and O–H groups in total. The van der Waals surface area contributed by atoms with Gasteiger partial charge in [0.1, 0.15) is 5.76 Å². The molecule has 0 saturated carbocycles. The van der Waals surface area contributed by atoms with Gasteiger partial charge >= 0.3 is 0 Å². The van der Waals surface area contributed by atoms with Crippen molar-refractivity contribution in [1.29, 1.82) is 0 Å². The average molecular weight is 287 g/mol. The van der Waals surface area contributed by atoms with E-state index in [1.54, 1.807) is 0 Å². The van der Waals surface area contributed by atoms with Gasteiger partial charge in [-0.05, 0) is 52.5 Å². The summed E-state index contributed by atoms with van der Waals surface area (Å²) < 4.78 is 7.95. The number of imidazole rings is 1. The first-order valence-corrected chi connectivity index (χ1v) is 7.85. The van der Waals surface area contributed by atoms with E-state index in [1.807, 2.05) is 12.6 Å². The van der Waals surface area contributed by atoms with E-state index in [9.17, 15) is 0 Å². The van der Waals surface area contributed by atoms with E-state index in [0.29, 0.717) is 0 Å². The van der Waals surface area contributed by atoms with Gasteiger partial charge in [0.05, 0.1) is 24.8 Å². The van der Waals surface area contributed by atoms with Gasteiger partial charge in [-0.1, -0.05) is 0 Å². The second-order valence-electron chi connectivity index (χ2n) is 7.00. The van der Waals surface area contributed by atoms with Gasteiger partial charge in [0.25, 0.3) is 0 Å². The highest BCUT2D eigenvalue weighted by Gasteiger charge is 2.16. The standard InChI is InChI=1S/C17H25N3O/c1-17(2,3)19-9-13-8-14(21-11-13)10-20-12-18-15-6-4-5-7-16(15)20/h8,11-12,19H,4-7,9-10H2,1-3H3. The van der Waals surface area contributed by atoms with Crippen LogP contribution in [0.15, 0.2) is 23.1 Å². The SMILES string of the molecule is CC(C)(C)NCc1coc(Cn2cnc3c2CCCC3)c1. The highest BCUT2D eigenvalue weighted by molar-refractivity contribution is 5.19. The lowest BCUT2D eigenvalue weighted by Crippen LogP contribution is -2.34. The van der Waals surface area contributed by atoms with Crippen LogP contribution in [0.3, 0.4) is 0 Å². The highest BCUT2D eigenvalue weighted by atomic mass is 16.3. The Morgan fingerprint density at radius 3 is 2.90 bits per heavy atom. The second kappa shape index (κ2) is 5.68. The van der Waals surface area contributed by atoms with Crippen LogP contribution < -0.4 is 5.32 Å². The van der Waals surface area contributed by atoms with Gasteiger partial charge in [-0.2, -0.15) is 0 Å². The normalized spacial score (nSPS) is 15.2. The monoisotopic (exact) mass is 287 g/mol. The van der Waals surface area contributed by atoms with Crippen LogP contribution >= 0.6 is 0 Å². The van der Waals surface area contributed by atoms with E-state index >= 15 is 0 Å². The molecule has 0 aliphatic heterocycles. The molecule has 0 bridgehead atoms. The second-order valence-corrected chi connectivity index (χ2v) is 7.00. The lowest BCUT2D eigenvalue weighted by atomic mass is 10.0. The quantitative estimate of drug-likeness (QED) is 0.938. The number of aromatic nitrogens is 2. The van der Waals surface area contributed by atoms with Crippen molar-refractivity contribution in [3.63, 3.8) is 0 Å². The molecule has 4 nitrogen and oxygen atoms in total. The number of hydrogen-bond acceptors (Lipinski definition) is 3. The Kier molecular flexibility index (Phi) is 3.89. The van der Waals surface area contributed by atoms with E-state index in [0.717, 1.165) is 31.7 Å². The van der Waals surface area contributed by atoms with Crippen LogP contribution in [0, 0.1) is 0 Å². The molecule has 114 valence electrons. The molecule has 0 saturated heterocycles. The summed E-state index contributed by atoms with van der Waals surface area (Å²) in [4.78, 5) is 4.54. The lowest BCUT2D eigenvalue weighted by Gasteiger charge is -2.19. The van der Waals surface area contributed by atoms with E-state index in [1.165, 1.54) is 29.8 Å². The third kappa shape index (κ3) is 3.56. The predicted octanol–water partition coefficient (Wildman–Crippen LogP) is 3.29. The fourth-order valence-corrected chi connectivity index (χ4v) is 2.80. The highest BCUT2D eigenvalue weighted by Crippen LogP contribution is 2.21. The molecule has 0 aromatic carbocycles. The van der Waals surface area contributed by atoms with Crippen LogP contribution in [0.1, 0.15) is 56.3 Å². The van der Waals surface area contributed by atoms with Gasteiger partial charge in [0.15, 0.2) is 0 Å². The molecule has 3 rings (SSSR count). The summed E-state index contributed by atoms with van der Waals surface area (Å²) in [5, 5.41) is 3.48. The van der Waals surface area contributed by atoms with Gasteiger partial charge in [0.2, 0.25) is 0 Å². The van der Waals surface area contributed by atoms with Gasteiger partial charge < -0.3 is 14.3 Å². The van der Waals surface area contributed by atoms with Gasteiger partial charge in [-0.3, -0.25) is 0 Å². The third-order valence-corrected chi connectivity index (χ3v) is 3.97. The summed E-state index contributed by atoms with van der Waals surface area (Å²) in [6, 6.07) is 2.15. The van der Waals surface area contributed by atoms with Crippen LogP contribution in [0.2, 0.25) is 0 Å². The van der Waals surface area contributed by atoms with Gasteiger partial charge in [0, 0.05) is 23.3 Å². The van der Waals surface area contributed by atoms with Crippen molar-refractivity contribution in [2.45, 2.75) is 65.1 Å². The molecule has 0 fully saturated rings. The van der Waals surface area contributed by atoms with Crippen molar-refractivity contribution >= 4 is 0 Å². The Labute approximate surface area is 126 Å². The van der Waals surface area contributed by atoms with Crippen molar-refractivity contribution in [2.75, 3.05) is 0 Å². The maximum atomic E-state index is 5.71. The Morgan fingerprint density at radius 1 is 1.29 bits per heavy atom. The molecule has 0 unspecified atom stereocenters. The fraction of sp³-hybridized carbons (Fsp3) is 0.588. The van der Waals surface area contributed by atoms with E-state index < -0.39 is 0 Å². The summed E-state index contributed by atoms with van der Waals surface area (Å²) in [6.07, 6.45) is 8.64. The summed E-state index contributed by atoms with van der Waals surface area (Å²) in [5.41, 5.74) is 4.00. The Morgan fingerprint density at radius 2 is 2.10 bits per heavy atom. The topological polar surface area (TPSA) is 43.0 Å². The maximum Gasteiger partial charge on any atom is 0.123 e.